The van der Waals surface area contributed by atoms with E-state index < -0.39 is 0 Å². The second kappa shape index (κ2) is 5.65. The van der Waals surface area contributed by atoms with Gasteiger partial charge in [-0.2, -0.15) is 0 Å². The minimum absolute atomic E-state index is 0.0916. The highest BCUT2D eigenvalue weighted by Gasteiger charge is 2.22. The van der Waals surface area contributed by atoms with Crippen molar-refractivity contribution in [1.29, 1.82) is 0 Å². The van der Waals surface area contributed by atoms with Crippen molar-refractivity contribution in [2.75, 3.05) is 19.7 Å². The van der Waals surface area contributed by atoms with Gasteiger partial charge in [-0.25, -0.2) is 0 Å². The smallest absolute Gasteiger partial charge is 0.253 e. The third-order valence-electron chi connectivity index (χ3n) is 3.25. The summed E-state index contributed by atoms with van der Waals surface area (Å²) in [5.41, 5.74) is 0.732. The third-order valence-corrected chi connectivity index (χ3v) is 3.78. The summed E-state index contributed by atoms with van der Waals surface area (Å²) < 4.78 is 0.980. The van der Waals surface area contributed by atoms with E-state index in [0.29, 0.717) is 5.92 Å². The Morgan fingerprint density at radius 1 is 1.29 bits per heavy atom. The molecule has 1 aliphatic heterocycles. The van der Waals surface area contributed by atoms with Crippen LogP contribution in [0.3, 0.4) is 0 Å². The number of piperidine rings is 1. The van der Waals surface area contributed by atoms with Crippen molar-refractivity contribution in [3.63, 3.8) is 0 Å². The highest BCUT2D eigenvalue weighted by atomic mass is 79.9. The molecule has 0 aliphatic carbocycles. The summed E-state index contributed by atoms with van der Waals surface area (Å²) in [5, 5.41) is 9.05. The number of halogens is 1. The minimum Gasteiger partial charge on any atom is -0.396 e. The summed E-state index contributed by atoms with van der Waals surface area (Å²) >= 11 is 3.36. The Hall–Kier alpha value is -0.870. The quantitative estimate of drug-likeness (QED) is 0.910. The number of likely N-dealkylation sites (tertiary alicyclic amines) is 1. The number of amides is 1. The summed E-state index contributed by atoms with van der Waals surface area (Å²) in [4.78, 5) is 14.0. The van der Waals surface area contributed by atoms with Crippen molar-refractivity contribution in [1.82, 2.24) is 4.90 Å². The van der Waals surface area contributed by atoms with E-state index in [0.717, 1.165) is 36.0 Å². The van der Waals surface area contributed by atoms with Crippen LogP contribution in [0.25, 0.3) is 0 Å². The van der Waals surface area contributed by atoms with Crippen LogP contribution in [0.2, 0.25) is 0 Å². The molecule has 3 nitrogen and oxygen atoms in total. The number of hydrogen-bond acceptors (Lipinski definition) is 2. The Balaban J connectivity index is 1.99. The normalized spacial score (nSPS) is 17.2. The zero-order valence-corrected chi connectivity index (χ0v) is 11.2. The summed E-state index contributed by atoms with van der Waals surface area (Å²) in [6, 6.07) is 7.44. The van der Waals surface area contributed by atoms with E-state index in [4.69, 9.17) is 5.11 Å². The maximum atomic E-state index is 12.2. The number of aliphatic hydroxyl groups is 1. The van der Waals surface area contributed by atoms with Gasteiger partial charge < -0.3 is 10.0 Å². The topological polar surface area (TPSA) is 40.5 Å². The lowest BCUT2D eigenvalue weighted by Crippen LogP contribution is -2.39. The van der Waals surface area contributed by atoms with E-state index in [1.165, 1.54) is 0 Å². The zero-order chi connectivity index (χ0) is 12.3. The Labute approximate surface area is 110 Å². The molecule has 92 valence electrons. The number of aliphatic hydroxyl groups excluding tert-OH is 1. The first-order valence-corrected chi connectivity index (χ1v) is 6.65. The minimum atomic E-state index is 0.0916. The molecule has 1 fully saturated rings. The summed E-state index contributed by atoms with van der Waals surface area (Å²) in [6.07, 6.45) is 1.80. The van der Waals surface area contributed by atoms with Crippen molar-refractivity contribution >= 4 is 21.8 Å². The van der Waals surface area contributed by atoms with E-state index in [1.54, 1.807) is 0 Å². The van der Waals surface area contributed by atoms with Gasteiger partial charge in [0.2, 0.25) is 0 Å². The highest BCUT2D eigenvalue weighted by Crippen LogP contribution is 2.19. The fourth-order valence-electron chi connectivity index (χ4n) is 2.09. The van der Waals surface area contributed by atoms with Gasteiger partial charge in [-0.3, -0.25) is 4.79 Å². The van der Waals surface area contributed by atoms with Gasteiger partial charge >= 0.3 is 0 Å². The van der Waals surface area contributed by atoms with Gasteiger partial charge in [0, 0.05) is 29.7 Å². The Morgan fingerprint density at radius 2 is 1.88 bits per heavy atom. The lowest BCUT2D eigenvalue weighted by Gasteiger charge is -2.31. The average molecular weight is 298 g/mol. The van der Waals surface area contributed by atoms with Crippen LogP contribution in [0.1, 0.15) is 23.2 Å². The first kappa shape index (κ1) is 12.6. The molecule has 1 heterocycles. The molecule has 1 aliphatic rings. The average Bonchev–Trinajstić information content (AvgIpc) is 2.39. The van der Waals surface area contributed by atoms with Gasteiger partial charge in [0.05, 0.1) is 0 Å². The second-order valence-corrected chi connectivity index (χ2v) is 5.34. The molecule has 0 radical (unpaired) electrons. The summed E-state index contributed by atoms with van der Waals surface area (Å²) in [7, 11) is 0. The summed E-state index contributed by atoms with van der Waals surface area (Å²) in [5.74, 6) is 0.456. The number of hydrogen-bond donors (Lipinski definition) is 1. The highest BCUT2D eigenvalue weighted by molar-refractivity contribution is 9.10. The van der Waals surface area contributed by atoms with E-state index in [-0.39, 0.29) is 12.5 Å². The Morgan fingerprint density at radius 3 is 2.41 bits per heavy atom. The lowest BCUT2D eigenvalue weighted by molar-refractivity contribution is 0.0651. The van der Waals surface area contributed by atoms with Gasteiger partial charge in [0.1, 0.15) is 0 Å². The van der Waals surface area contributed by atoms with Gasteiger partial charge in [-0.05, 0) is 43.0 Å². The fourth-order valence-corrected chi connectivity index (χ4v) is 2.36. The predicted octanol–water partition coefficient (Wildman–Crippen LogP) is 2.29. The van der Waals surface area contributed by atoms with E-state index in [1.807, 2.05) is 29.2 Å². The molecule has 0 aromatic heterocycles. The molecular weight excluding hydrogens is 282 g/mol. The Kier molecular flexibility index (Phi) is 4.18. The maximum absolute atomic E-state index is 12.2. The number of benzene rings is 1. The molecule has 2 rings (SSSR count). The molecule has 0 spiro atoms. The van der Waals surface area contributed by atoms with Crippen LogP contribution in [-0.2, 0) is 0 Å². The monoisotopic (exact) mass is 297 g/mol. The molecule has 4 heteroatoms. The van der Waals surface area contributed by atoms with Crippen LogP contribution in [0, 0.1) is 5.92 Å². The molecule has 0 bridgehead atoms. The first-order chi connectivity index (χ1) is 8.20. The third kappa shape index (κ3) is 3.07. The standard InChI is InChI=1S/C13H16BrNO2/c14-12-3-1-11(2-4-12)13(17)15-7-5-10(9-16)6-8-15/h1-4,10,16H,5-9H2. The van der Waals surface area contributed by atoms with Crippen molar-refractivity contribution in [3.05, 3.63) is 34.3 Å². The van der Waals surface area contributed by atoms with Crippen LogP contribution in [0.15, 0.2) is 28.7 Å². The largest absolute Gasteiger partial charge is 0.396 e. The van der Waals surface area contributed by atoms with Crippen LogP contribution in [0.4, 0.5) is 0 Å². The van der Waals surface area contributed by atoms with Gasteiger partial charge in [-0.1, -0.05) is 15.9 Å². The Bertz CT molecular complexity index is 383. The predicted molar refractivity (Wildman–Crippen MR) is 69.9 cm³/mol. The fraction of sp³-hybridized carbons (Fsp3) is 0.462. The molecule has 17 heavy (non-hydrogen) atoms. The number of carbonyl (C=O) groups is 1. The number of carbonyl (C=O) groups excluding carboxylic acids is 1. The molecular formula is C13H16BrNO2. The molecule has 1 aromatic rings. The SMILES string of the molecule is O=C(c1ccc(Br)cc1)N1CCC(CO)CC1. The van der Waals surface area contributed by atoms with Gasteiger partial charge in [-0.15, -0.1) is 0 Å². The van der Waals surface area contributed by atoms with E-state index in [2.05, 4.69) is 15.9 Å². The number of rotatable bonds is 2. The maximum Gasteiger partial charge on any atom is 0.253 e. The summed E-state index contributed by atoms with van der Waals surface area (Å²) in [6.45, 7) is 1.74. The molecule has 0 saturated carbocycles. The van der Waals surface area contributed by atoms with Crippen molar-refractivity contribution in [3.8, 4) is 0 Å². The second-order valence-electron chi connectivity index (χ2n) is 4.43. The van der Waals surface area contributed by atoms with Crippen molar-refractivity contribution < 1.29 is 9.90 Å². The van der Waals surface area contributed by atoms with E-state index >= 15 is 0 Å². The van der Waals surface area contributed by atoms with Gasteiger partial charge in [0.15, 0.2) is 0 Å². The van der Waals surface area contributed by atoms with Crippen molar-refractivity contribution in [2.24, 2.45) is 5.92 Å². The molecule has 1 saturated heterocycles. The molecule has 0 atom stereocenters. The van der Waals surface area contributed by atoms with Crippen LogP contribution in [0.5, 0.6) is 0 Å². The molecule has 1 N–H and O–H groups in total. The van der Waals surface area contributed by atoms with Crippen LogP contribution in [-0.4, -0.2) is 35.6 Å². The lowest BCUT2D eigenvalue weighted by atomic mass is 9.97. The van der Waals surface area contributed by atoms with Crippen LogP contribution < -0.4 is 0 Å². The number of nitrogens with zero attached hydrogens (tertiary/aromatic N) is 1. The zero-order valence-electron chi connectivity index (χ0n) is 9.60. The molecule has 0 unspecified atom stereocenters. The first-order valence-electron chi connectivity index (χ1n) is 5.86. The van der Waals surface area contributed by atoms with E-state index in [9.17, 15) is 4.79 Å². The molecule has 1 aromatic carbocycles. The van der Waals surface area contributed by atoms with Crippen molar-refractivity contribution in [2.45, 2.75) is 12.8 Å². The van der Waals surface area contributed by atoms with Crippen LogP contribution >= 0.6 is 15.9 Å². The molecule has 1 amide bonds. The van der Waals surface area contributed by atoms with Gasteiger partial charge in [0.25, 0.3) is 5.91 Å².